The lowest BCUT2D eigenvalue weighted by atomic mass is 9.92. The monoisotopic (exact) mass is 471 g/mol. The van der Waals surface area contributed by atoms with Crippen LogP contribution in [0.2, 0.25) is 0 Å². The summed E-state index contributed by atoms with van der Waals surface area (Å²) >= 11 is 0. The molecule has 0 aliphatic rings. The Hall–Kier alpha value is -5.50. The quantitative estimate of drug-likeness (QED) is 0.417. The molecule has 0 aliphatic heterocycles. The van der Waals surface area contributed by atoms with Crippen LogP contribution >= 0.6 is 0 Å². The summed E-state index contributed by atoms with van der Waals surface area (Å²) in [5.41, 5.74) is -5.31. The molecular formula is C25H6F5N5. The molecule has 0 saturated heterocycles. The second kappa shape index (κ2) is 9.55. The summed E-state index contributed by atoms with van der Waals surface area (Å²) in [5.74, 6) is -9.08. The van der Waals surface area contributed by atoms with E-state index in [2.05, 4.69) is 0 Å². The zero-order valence-corrected chi connectivity index (χ0v) is 17.1. The summed E-state index contributed by atoms with van der Waals surface area (Å²) in [6, 6.07) is 13.9. The highest BCUT2D eigenvalue weighted by molar-refractivity contribution is 5.84. The Morgan fingerprint density at radius 2 is 1.23 bits per heavy atom. The van der Waals surface area contributed by atoms with E-state index >= 15 is 0 Å². The molecule has 35 heavy (non-hydrogen) atoms. The van der Waals surface area contributed by atoms with E-state index in [0.717, 1.165) is 30.3 Å². The highest BCUT2D eigenvalue weighted by atomic mass is 19.2. The summed E-state index contributed by atoms with van der Waals surface area (Å²) in [6.45, 7) is 0. The van der Waals surface area contributed by atoms with Crippen molar-refractivity contribution < 1.29 is 22.0 Å². The Bertz CT molecular complexity index is 1710. The Morgan fingerprint density at radius 1 is 0.629 bits per heavy atom. The van der Waals surface area contributed by atoms with Gasteiger partial charge in [0.15, 0.2) is 23.3 Å². The predicted molar refractivity (Wildman–Crippen MR) is 110 cm³/mol. The van der Waals surface area contributed by atoms with Gasteiger partial charge >= 0.3 is 0 Å². The Kier molecular flexibility index (Phi) is 6.59. The zero-order chi connectivity index (χ0) is 25.9. The number of hydrogen-bond acceptors (Lipinski definition) is 5. The molecule has 0 aromatic heterocycles. The van der Waals surface area contributed by atoms with Crippen molar-refractivity contribution in [3.8, 4) is 41.5 Å². The molecule has 3 aromatic rings. The topological polar surface area (TPSA) is 119 Å². The lowest BCUT2D eigenvalue weighted by Crippen LogP contribution is -2.19. The molecule has 0 saturated carbocycles. The number of benzene rings is 3. The van der Waals surface area contributed by atoms with Crippen LogP contribution in [0.1, 0.15) is 16.7 Å². The maximum Gasteiger partial charge on any atom is 0.180 e. The molecular weight excluding hydrogens is 465 g/mol. The van der Waals surface area contributed by atoms with Gasteiger partial charge in [-0.25, -0.2) is 22.0 Å². The molecule has 0 heterocycles. The third-order valence-electron chi connectivity index (χ3n) is 4.95. The molecule has 0 bridgehead atoms. The number of rotatable bonds is 2. The molecule has 0 unspecified atom stereocenters. The lowest BCUT2D eigenvalue weighted by molar-refractivity contribution is 0.447. The van der Waals surface area contributed by atoms with E-state index in [1.165, 1.54) is 18.2 Å². The van der Waals surface area contributed by atoms with E-state index in [1.54, 1.807) is 18.2 Å². The first-order valence-electron chi connectivity index (χ1n) is 9.29. The molecule has 0 spiro atoms. The van der Waals surface area contributed by atoms with Crippen molar-refractivity contribution in [1.82, 2.24) is 0 Å². The highest BCUT2D eigenvalue weighted by Gasteiger charge is 2.28. The fraction of sp³-hybridized carbons (Fsp3) is 0. The van der Waals surface area contributed by atoms with Crippen molar-refractivity contribution >= 4 is 11.1 Å². The maximum absolute atomic E-state index is 14.8. The van der Waals surface area contributed by atoms with Crippen LogP contribution < -0.4 is 10.4 Å². The van der Waals surface area contributed by atoms with Crippen molar-refractivity contribution in [2.75, 3.05) is 0 Å². The smallest absolute Gasteiger partial charge is 0.180 e. The number of nitrogens with zero attached hydrogens (tertiary/aromatic N) is 5. The van der Waals surface area contributed by atoms with E-state index in [0.29, 0.717) is 0 Å². The largest absolute Gasteiger partial charge is 0.206 e. The fourth-order valence-corrected chi connectivity index (χ4v) is 3.36. The van der Waals surface area contributed by atoms with Gasteiger partial charge in [-0.15, -0.1) is 0 Å². The fourth-order valence-electron chi connectivity index (χ4n) is 3.36. The summed E-state index contributed by atoms with van der Waals surface area (Å²) in [6.07, 6.45) is 0. The normalized spacial score (nSPS) is 10.7. The zero-order valence-electron chi connectivity index (χ0n) is 17.1. The number of hydrogen-bond donors (Lipinski definition) is 0. The third-order valence-corrected chi connectivity index (χ3v) is 4.95. The van der Waals surface area contributed by atoms with Crippen molar-refractivity contribution in [2.24, 2.45) is 0 Å². The van der Waals surface area contributed by atoms with Crippen LogP contribution in [-0.4, -0.2) is 0 Å². The van der Waals surface area contributed by atoms with Crippen molar-refractivity contribution in [3.63, 3.8) is 0 Å². The molecule has 0 amide bonds. The molecule has 0 aliphatic carbocycles. The second-order valence-corrected chi connectivity index (χ2v) is 6.74. The summed E-state index contributed by atoms with van der Waals surface area (Å²) in [5, 5.41) is 45.9. The van der Waals surface area contributed by atoms with Crippen LogP contribution in [-0.2, 0) is 0 Å². The minimum atomic E-state index is -2.03. The number of nitriles is 5. The van der Waals surface area contributed by atoms with Gasteiger partial charge in [-0.3, -0.25) is 0 Å². The maximum atomic E-state index is 14.8. The molecule has 0 N–H and O–H groups in total. The molecule has 166 valence electrons. The van der Waals surface area contributed by atoms with Crippen LogP contribution in [0.5, 0.6) is 0 Å². The Labute approximate surface area is 194 Å². The molecule has 10 heteroatoms. The standard InChI is InChI=1S/C25H6F5N5/c26-20-3-1-2-14(17(20)9-33)16-6-12(13(7-31)8-32)4-5-15(16)18(10-34)21-24(29)22(27)19(11-35)23(28)25(21)30/h1-6H/b18-15+. The summed E-state index contributed by atoms with van der Waals surface area (Å²) < 4.78 is 72.4. The first-order chi connectivity index (χ1) is 16.7. The van der Waals surface area contributed by atoms with Gasteiger partial charge in [0.05, 0.1) is 16.7 Å². The van der Waals surface area contributed by atoms with Gasteiger partial charge in [0.2, 0.25) is 0 Å². The predicted octanol–water partition coefficient (Wildman–Crippen LogP) is 3.71. The first-order valence-corrected chi connectivity index (χ1v) is 9.29. The third kappa shape index (κ3) is 3.91. The van der Waals surface area contributed by atoms with Crippen molar-refractivity contribution in [1.29, 1.82) is 26.3 Å². The minimum absolute atomic E-state index is 0.0441. The van der Waals surface area contributed by atoms with Gasteiger partial charge in [0.1, 0.15) is 47.3 Å². The first kappa shape index (κ1) is 24.1. The van der Waals surface area contributed by atoms with E-state index < -0.39 is 62.1 Å². The van der Waals surface area contributed by atoms with Gasteiger partial charge in [-0.05, 0) is 17.7 Å². The molecule has 0 radical (unpaired) electrons. The van der Waals surface area contributed by atoms with Crippen molar-refractivity contribution in [2.45, 2.75) is 0 Å². The van der Waals surface area contributed by atoms with E-state index in [-0.39, 0.29) is 16.3 Å². The highest BCUT2D eigenvalue weighted by Crippen LogP contribution is 2.29. The van der Waals surface area contributed by atoms with Gasteiger partial charge < -0.3 is 0 Å². The molecule has 0 atom stereocenters. The second-order valence-electron chi connectivity index (χ2n) is 6.74. The molecule has 3 rings (SSSR count). The van der Waals surface area contributed by atoms with E-state index in [4.69, 9.17) is 5.26 Å². The Balaban J connectivity index is 2.68. The minimum Gasteiger partial charge on any atom is -0.206 e. The van der Waals surface area contributed by atoms with Crippen molar-refractivity contribution in [3.05, 3.63) is 92.6 Å². The molecule has 0 fully saturated rings. The molecule has 5 nitrogen and oxygen atoms in total. The number of halogens is 5. The van der Waals surface area contributed by atoms with E-state index in [9.17, 15) is 43.0 Å². The van der Waals surface area contributed by atoms with Gasteiger partial charge in [-0.1, -0.05) is 24.3 Å². The van der Waals surface area contributed by atoms with Gasteiger partial charge in [0.25, 0.3) is 0 Å². The van der Waals surface area contributed by atoms with Crippen LogP contribution in [0, 0.1) is 85.7 Å². The van der Waals surface area contributed by atoms with Gasteiger partial charge in [-0.2, -0.15) is 26.3 Å². The summed E-state index contributed by atoms with van der Waals surface area (Å²) in [4.78, 5) is 0. The van der Waals surface area contributed by atoms with Crippen LogP contribution in [0.4, 0.5) is 22.0 Å². The average Bonchev–Trinajstić information content (AvgIpc) is 2.86. The van der Waals surface area contributed by atoms with Crippen LogP contribution in [0.3, 0.4) is 0 Å². The average molecular weight is 471 g/mol. The van der Waals surface area contributed by atoms with Crippen LogP contribution in [0.25, 0.3) is 22.3 Å². The lowest BCUT2D eigenvalue weighted by Gasteiger charge is -2.11. The summed E-state index contributed by atoms with van der Waals surface area (Å²) in [7, 11) is 0. The Morgan fingerprint density at radius 3 is 1.74 bits per heavy atom. The van der Waals surface area contributed by atoms with Crippen LogP contribution in [0.15, 0.2) is 36.4 Å². The SMILES string of the molecule is N#CC(C#N)=c1cc/c(=C(/C#N)c2c(F)c(F)c(C#N)c(F)c2F)c(-c2cccc(F)c2C#N)c1. The van der Waals surface area contributed by atoms with E-state index in [1.807, 2.05) is 0 Å². The van der Waals surface area contributed by atoms with Gasteiger partial charge in [0, 0.05) is 16.0 Å². The molecule has 3 aromatic carbocycles.